The van der Waals surface area contributed by atoms with Crippen LogP contribution in [0.15, 0.2) is 28.2 Å². The van der Waals surface area contributed by atoms with Crippen molar-refractivity contribution in [2.24, 2.45) is 0 Å². The Labute approximate surface area is 104 Å². The highest BCUT2D eigenvalue weighted by atomic mass is 79.9. The second-order valence-electron chi connectivity index (χ2n) is 4.11. The van der Waals surface area contributed by atoms with Crippen molar-refractivity contribution in [1.29, 1.82) is 0 Å². The topological polar surface area (TPSA) is 12.0 Å². The van der Waals surface area contributed by atoms with Gasteiger partial charge in [0.25, 0.3) is 0 Å². The molecular formula is C13H15BrFN. The van der Waals surface area contributed by atoms with Crippen molar-refractivity contribution < 1.29 is 4.39 Å². The normalized spacial score (nSPS) is 19.8. The number of nitrogens with one attached hydrogen (secondary N) is 1. The molecule has 1 aliphatic heterocycles. The maximum absolute atomic E-state index is 13.2. The van der Waals surface area contributed by atoms with Crippen LogP contribution in [-0.4, -0.2) is 13.1 Å². The molecule has 1 heterocycles. The standard InChI is InChI=1S/C13H15BrFN/c14-12-7-11(8-13(15)9-12)6-10-2-1-4-16-5-3-10/h6-9,16H,1-5H2/b10-6-. The Morgan fingerprint density at radius 1 is 1.19 bits per heavy atom. The van der Waals surface area contributed by atoms with Crippen molar-refractivity contribution in [1.82, 2.24) is 5.32 Å². The lowest BCUT2D eigenvalue weighted by Gasteiger charge is -2.03. The van der Waals surface area contributed by atoms with Crippen LogP contribution in [0.25, 0.3) is 6.08 Å². The summed E-state index contributed by atoms with van der Waals surface area (Å²) in [5.41, 5.74) is 2.35. The van der Waals surface area contributed by atoms with Gasteiger partial charge in [-0.2, -0.15) is 0 Å². The van der Waals surface area contributed by atoms with Crippen LogP contribution in [0.2, 0.25) is 0 Å². The molecule has 0 radical (unpaired) electrons. The fourth-order valence-corrected chi connectivity index (χ4v) is 2.46. The van der Waals surface area contributed by atoms with E-state index in [-0.39, 0.29) is 5.82 Å². The first kappa shape index (κ1) is 11.8. The summed E-state index contributed by atoms with van der Waals surface area (Å²) >= 11 is 3.31. The Morgan fingerprint density at radius 3 is 2.88 bits per heavy atom. The van der Waals surface area contributed by atoms with E-state index in [9.17, 15) is 4.39 Å². The quantitative estimate of drug-likeness (QED) is 0.828. The zero-order chi connectivity index (χ0) is 11.4. The number of rotatable bonds is 1. The molecule has 1 aliphatic rings. The van der Waals surface area contributed by atoms with Crippen molar-refractivity contribution >= 4 is 22.0 Å². The van der Waals surface area contributed by atoms with Crippen LogP contribution in [0.3, 0.4) is 0 Å². The van der Waals surface area contributed by atoms with Gasteiger partial charge in [-0.05, 0) is 56.1 Å². The third kappa shape index (κ3) is 3.42. The van der Waals surface area contributed by atoms with Crippen LogP contribution >= 0.6 is 15.9 Å². The third-order valence-corrected chi connectivity index (χ3v) is 3.19. The molecule has 86 valence electrons. The molecule has 3 heteroatoms. The molecule has 0 saturated carbocycles. The van der Waals surface area contributed by atoms with Gasteiger partial charge in [0.05, 0.1) is 0 Å². The molecule has 0 unspecified atom stereocenters. The Bertz CT molecular complexity index is 371. The summed E-state index contributed by atoms with van der Waals surface area (Å²) in [7, 11) is 0. The first-order valence-corrected chi connectivity index (χ1v) is 6.39. The van der Waals surface area contributed by atoms with Gasteiger partial charge in [-0.1, -0.05) is 27.6 Å². The van der Waals surface area contributed by atoms with Gasteiger partial charge in [-0.3, -0.25) is 0 Å². The minimum absolute atomic E-state index is 0.187. The summed E-state index contributed by atoms with van der Waals surface area (Å²) in [6.07, 6.45) is 5.46. The maximum atomic E-state index is 13.2. The van der Waals surface area contributed by atoms with E-state index >= 15 is 0 Å². The summed E-state index contributed by atoms with van der Waals surface area (Å²) in [5, 5.41) is 3.36. The molecule has 16 heavy (non-hydrogen) atoms. The average Bonchev–Trinajstić information content (AvgIpc) is 2.44. The summed E-state index contributed by atoms with van der Waals surface area (Å²) in [6, 6.07) is 5.02. The molecule has 1 aromatic carbocycles. The Hall–Kier alpha value is -0.670. The summed E-state index contributed by atoms with van der Waals surface area (Å²) in [5.74, 6) is -0.187. The highest BCUT2D eigenvalue weighted by Crippen LogP contribution is 2.20. The van der Waals surface area contributed by atoms with Crippen LogP contribution in [0, 0.1) is 5.82 Å². The molecule has 0 atom stereocenters. The van der Waals surface area contributed by atoms with Crippen molar-refractivity contribution in [3.05, 3.63) is 39.6 Å². The van der Waals surface area contributed by atoms with Gasteiger partial charge < -0.3 is 5.32 Å². The van der Waals surface area contributed by atoms with Gasteiger partial charge in [0.15, 0.2) is 0 Å². The molecular weight excluding hydrogens is 269 g/mol. The van der Waals surface area contributed by atoms with Crippen LogP contribution in [0.5, 0.6) is 0 Å². The lowest BCUT2D eigenvalue weighted by Crippen LogP contribution is -2.13. The molecule has 0 bridgehead atoms. The van der Waals surface area contributed by atoms with Crippen molar-refractivity contribution in [3.8, 4) is 0 Å². The van der Waals surface area contributed by atoms with E-state index in [2.05, 4.69) is 27.3 Å². The van der Waals surface area contributed by atoms with E-state index < -0.39 is 0 Å². The summed E-state index contributed by atoms with van der Waals surface area (Å²) in [6.45, 7) is 2.12. The first-order chi connectivity index (χ1) is 7.74. The van der Waals surface area contributed by atoms with E-state index in [1.807, 2.05) is 6.07 Å². The third-order valence-electron chi connectivity index (χ3n) is 2.73. The van der Waals surface area contributed by atoms with Crippen LogP contribution in [0.4, 0.5) is 4.39 Å². The second-order valence-corrected chi connectivity index (χ2v) is 5.02. The number of hydrogen-bond donors (Lipinski definition) is 1. The average molecular weight is 284 g/mol. The second kappa shape index (κ2) is 5.60. The molecule has 1 saturated heterocycles. The minimum atomic E-state index is -0.187. The fourth-order valence-electron chi connectivity index (χ4n) is 1.98. The number of hydrogen-bond acceptors (Lipinski definition) is 1. The van der Waals surface area contributed by atoms with Crippen LogP contribution in [0.1, 0.15) is 24.8 Å². The Kier molecular flexibility index (Phi) is 4.13. The van der Waals surface area contributed by atoms with Crippen molar-refractivity contribution in [2.75, 3.05) is 13.1 Å². The highest BCUT2D eigenvalue weighted by molar-refractivity contribution is 9.10. The molecule has 1 nitrogen and oxygen atoms in total. The largest absolute Gasteiger partial charge is 0.316 e. The van der Waals surface area contributed by atoms with Crippen LogP contribution < -0.4 is 5.32 Å². The molecule has 2 rings (SSSR count). The van der Waals surface area contributed by atoms with E-state index in [0.29, 0.717) is 0 Å². The summed E-state index contributed by atoms with van der Waals surface area (Å²) in [4.78, 5) is 0. The maximum Gasteiger partial charge on any atom is 0.124 e. The van der Waals surface area contributed by atoms with Gasteiger partial charge in [0.2, 0.25) is 0 Å². The zero-order valence-corrected chi connectivity index (χ0v) is 10.7. The predicted molar refractivity (Wildman–Crippen MR) is 68.8 cm³/mol. The van der Waals surface area contributed by atoms with Crippen LogP contribution in [-0.2, 0) is 0 Å². The molecule has 0 aliphatic carbocycles. The first-order valence-electron chi connectivity index (χ1n) is 5.60. The van der Waals surface area contributed by atoms with Crippen molar-refractivity contribution in [2.45, 2.75) is 19.3 Å². The molecule has 1 aromatic rings. The Balaban J connectivity index is 2.19. The molecule has 1 N–H and O–H groups in total. The van der Waals surface area contributed by atoms with E-state index in [1.54, 1.807) is 6.07 Å². The SMILES string of the molecule is Fc1cc(Br)cc(/C=C2/CCCNCC2)c1. The van der Waals surface area contributed by atoms with Gasteiger partial charge in [0.1, 0.15) is 5.82 Å². The molecule has 0 amide bonds. The number of halogens is 2. The lowest BCUT2D eigenvalue weighted by molar-refractivity contribution is 0.626. The van der Waals surface area contributed by atoms with E-state index in [1.165, 1.54) is 18.1 Å². The van der Waals surface area contributed by atoms with Gasteiger partial charge in [-0.25, -0.2) is 4.39 Å². The molecule has 0 spiro atoms. The highest BCUT2D eigenvalue weighted by Gasteiger charge is 2.04. The van der Waals surface area contributed by atoms with Gasteiger partial charge in [-0.15, -0.1) is 0 Å². The predicted octanol–water partition coefficient (Wildman–Crippen LogP) is 3.75. The summed E-state index contributed by atoms with van der Waals surface area (Å²) < 4.78 is 14.0. The van der Waals surface area contributed by atoms with Gasteiger partial charge in [0, 0.05) is 4.47 Å². The monoisotopic (exact) mass is 283 g/mol. The van der Waals surface area contributed by atoms with E-state index in [4.69, 9.17) is 0 Å². The fraction of sp³-hybridized carbons (Fsp3) is 0.385. The smallest absolute Gasteiger partial charge is 0.124 e. The zero-order valence-electron chi connectivity index (χ0n) is 9.10. The Morgan fingerprint density at radius 2 is 2.06 bits per heavy atom. The molecule has 0 aromatic heterocycles. The van der Waals surface area contributed by atoms with Crippen molar-refractivity contribution in [3.63, 3.8) is 0 Å². The van der Waals surface area contributed by atoms with E-state index in [0.717, 1.165) is 36.0 Å². The number of benzene rings is 1. The van der Waals surface area contributed by atoms with Gasteiger partial charge >= 0.3 is 0 Å². The molecule has 1 fully saturated rings. The lowest BCUT2D eigenvalue weighted by atomic mass is 10.0. The minimum Gasteiger partial charge on any atom is -0.316 e.